The number of piperazine rings is 1. The van der Waals surface area contributed by atoms with E-state index in [-0.39, 0.29) is 38.5 Å². The van der Waals surface area contributed by atoms with Crippen molar-refractivity contribution in [2.45, 2.75) is 12.6 Å². The van der Waals surface area contributed by atoms with Crippen LogP contribution in [0.5, 0.6) is 5.75 Å². The van der Waals surface area contributed by atoms with Gasteiger partial charge >= 0.3 is 12.1 Å². The summed E-state index contributed by atoms with van der Waals surface area (Å²) in [5, 5.41) is 3.14. The molecule has 0 bridgehead atoms. The summed E-state index contributed by atoms with van der Waals surface area (Å²) in [7, 11) is 1.57. The van der Waals surface area contributed by atoms with Crippen LogP contribution in [0.1, 0.15) is 5.56 Å². The van der Waals surface area contributed by atoms with E-state index in [1.165, 1.54) is 0 Å². The Kier molecular flexibility index (Phi) is 6.94. The maximum absolute atomic E-state index is 12.6. The lowest BCUT2D eigenvalue weighted by atomic mass is 10.1. The summed E-state index contributed by atoms with van der Waals surface area (Å²) in [6.07, 6.45) is -4.69. The summed E-state index contributed by atoms with van der Waals surface area (Å²) >= 11 is 6.34. The van der Waals surface area contributed by atoms with E-state index >= 15 is 0 Å². The molecule has 0 unspecified atom stereocenters. The molecule has 6 nitrogen and oxygen atoms in total. The van der Waals surface area contributed by atoms with Crippen molar-refractivity contribution in [2.24, 2.45) is 0 Å². The Morgan fingerprint density at radius 3 is 2.26 bits per heavy atom. The fourth-order valence-corrected chi connectivity index (χ4v) is 3.60. The Bertz CT molecular complexity index is 943. The molecule has 3 rings (SSSR count). The van der Waals surface area contributed by atoms with E-state index in [2.05, 4.69) is 5.32 Å². The minimum absolute atomic E-state index is 0.0466. The van der Waals surface area contributed by atoms with E-state index in [1.807, 2.05) is 4.90 Å². The molecule has 1 fully saturated rings. The monoisotopic (exact) mass is 455 g/mol. The van der Waals surface area contributed by atoms with Crippen LogP contribution in [0.2, 0.25) is 5.02 Å². The Morgan fingerprint density at radius 1 is 1.06 bits per heavy atom. The van der Waals surface area contributed by atoms with Gasteiger partial charge in [0.1, 0.15) is 5.75 Å². The van der Waals surface area contributed by atoms with Gasteiger partial charge in [-0.15, -0.1) is 0 Å². The zero-order chi connectivity index (χ0) is 22.6. The fraction of sp³-hybridized carbons (Fsp3) is 0.333. The number of nitrogens with zero attached hydrogens (tertiary/aromatic N) is 2. The van der Waals surface area contributed by atoms with Crippen LogP contribution in [0.15, 0.2) is 42.5 Å². The molecule has 0 aromatic heterocycles. The highest BCUT2D eigenvalue weighted by Gasteiger charge is 2.43. The molecule has 10 heteroatoms. The second-order valence-electron chi connectivity index (χ2n) is 7.02. The number of hydrogen-bond acceptors (Lipinski definition) is 4. The maximum atomic E-state index is 12.6. The first-order valence-electron chi connectivity index (χ1n) is 9.51. The van der Waals surface area contributed by atoms with Gasteiger partial charge in [0.15, 0.2) is 0 Å². The molecule has 0 atom stereocenters. The van der Waals surface area contributed by atoms with Gasteiger partial charge in [-0.05, 0) is 35.9 Å². The molecule has 1 aliphatic rings. The molecule has 0 saturated carbocycles. The molecule has 2 aromatic rings. The van der Waals surface area contributed by atoms with Crippen molar-refractivity contribution in [3.8, 4) is 5.75 Å². The number of halogens is 4. The van der Waals surface area contributed by atoms with Crippen LogP contribution in [0.4, 0.5) is 24.5 Å². The van der Waals surface area contributed by atoms with E-state index in [4.69, 9.17) is 16.3 Å². The second-order valence-corrected chi connectivity index (χ2v) is 7.42. The fourth-order valence-electron chi connectivity index (χ4n) is 3.30. The molecule has 1 N–H and O–H groups in total. The molecule has 1 heterocycles. The number of hydrogen-bond donors (Lipinski definition) is 1. The molecule has 2 amide bonds. The lowest BCUT2D eigenvalue weighted by molar-refractivity contribution is -0.185. The number of alkyl halides is 3. The number of anilines is 2. The Balaban J connectivity index is 1.57. The first kappa shape index (κ1) is 22.7. The molecule has 1 aliphatic heterocycles. The SMILES string of the molecule is COc1ccc(CC(=O)Nc2ccc(N3CCN(C(=O)C(F)(F)F)CC3)c(Cl)c2)cc1. The number of amides is 2. The van der Waals surface area contributed by atoms with Gasteiger partial charge < -0.3 is 19.9 Å². The summed E-state index contributed by atoms with van der Waals surface area (Å²) in [4.78, 5) is 26.2. The summed E-state index contributed by atoms with van der Waals surface area (Å²) in [6.45, 7) is 0.361. The number of benzene rings is 2. The Morgan fingerprint density at radius 2 is 1.71 bits per heavy atom. The van der Waals surface area contributed by atoms with Gasteiger partial charge in [0.2, 0.25) is 5.91 Å². The second kappa shape index (κ2) is 9.47. The van der Waals surface area contributed by atoms with Crippen molar-refractivity contribution in [3.63, 3.8) is 0 Å². The van der Waals surface area contributed by atoms with Crippen LogP contribution >= 0.6 is 11.6 Å². The normalized spacial score (nSPS) is 14.4. The average molecular weight is 456 g/mol. The van der Waals surface area contributed by atoms with E-state index in [0.29, 0.717) is 22.1 Å². The number of rotatable bonds is 5. The molecule has 31 heavy (non-hydrogen) atoms. The first-order chi connectivity index (χ1) is 14.7. The predicted octanol–water partition coefficient (Wildman–Crippen LogP) is 3.74. The van der Waals surface area contributed by atoms with Crippen LogP contribution in [0, 0.1) is 0 Å². The molecule has 0 radical (unpaired) electrons. The van der Waals surface area contributed by atoms with Gasteiger partial charge in [-0.2, -0.15) is 13.2 Å². The third-order valence-corrected chi connectivity index (χ3v) is 5.21. The summed E-state index contributed by atoms with van der Waals surface area (Å²) in [5.74, 6) is -1.34. The van der Waals surface area contributed by atoms with Crippen molar-refractivity contribution in [3.05, 3.63) is 53.1 Å². The highest BCUT2D eigenvalue weighted by molar-refractivity contribution is 6.33. The van der Waals surface area contributed by atoms with Crippen molar-refractivity contribution in [1.82, 2.24) is 4.90 Å². The first-order valence-corrected chi connectivity index (χ1v) is 9.88. The lowest BCUT2D eigenvalue weighted by Gasteiger charge is -2.36. The number of methoxy groups -OCH3 is 1. The maximum Gasteiger partial charge on any atom is 0.471 e. The Hall–Kier alpha value is -2.94. The molecule has 0 aliphatic carbocycles. The van der Waals surface area contributed by atoms with Crippen molar-refractivity contribution < 1.29 is 27.5 Å². The molecule has 166 valence electrons. The summed E-state index contributed by atoms with van der Waals surface area (Å²) in [5.41, 5.74) is 1.97. The van der Waals surface area contributed by atoms with E-state index < -0.39 is 12.1 Å². The average Bonchev–Trinajstić information content (AvgIpc) is 2.73. The smallest absolute Gasteiger partial charge is 0.471 e. The van der Waals surface area contributed by atoms with E-state index in [0.717, 1.165) is 10.5 Å². The standard InChI is InChI=1S/C21H21ClF3N3O3/c1-31-16-5-2-14(3-6-16)12-19(29)26-15-4-7-18(17(22)13-15)27-8-10-28(11-9-27)20(30)21(23,24)25/h2-7,13H,8-12H2,1H3,(H,26,29). The Labute approximate surface area is 182 Å². The third-order valence-electron chi connectivity index (χ3n) is 4.91. The van der Waals surface area contributed by atoms with Gasteiger partial charge in [0.25, 0.3) is 0 Å². The van der Waals surface area contributed by atoms with Gasteiger partial charge in [0.05, 0.1) is 24.2 Å². The number of carbonyl (C=O) groups excluding carboxylic acids is 2. The number of ether oxygens (including phenoxy) is 1. The van der Waals surface area contributed by atoms with Gasteiger partial charge in [-0.1, -0.05) is 23.7 Å². The van der Waals surface area contributed by atoms with E-state index in [1.54, 1.807) is 49.6 Å². The predicted molar refractivity (Wildman–Crippen MR) is 112 cm³/mol. The van der Waals surface area contributed by atoms with Crippen molar-refractivity contribution >= 4 is 34.8 Å². The van der Waals surface area contributed by atoms with Crippen molar-refractivity contribution in [1.29, 1.82) is 0 Å². The molecule has 1 saturated heterocycles. The van der Waals surface area contributed by atoms with Crippen LogP contribution in [-0.4, -0.2) is 56.2 Å². The van der Waals surface area contributed by atoms with Crippen LogP contribution < -0.4 is 15.0 Å². The quantitative estimate of drug-likeness (QED) is 0.746. The summed E-state index contributed by atoms with van der Waals surface area (Å²) < 4.78 is 42.8. The number of nitrogens with one attached hydrogen (secondary N) is 1. The van der Waals surface area contributed by atoms with Gasteiger partial charge in [-0.25, -0.2) is 0 Å². The van der Waals surface area contributed by atoms with Crippen LogP contribution in [0.3, 0.4) is 0 Å². The zero-order valence-corrected chi connectivity index (χ0v) is 17.5. The van der Waals surface area contributed by atoms with Gasteiger partial charge in [-0.3, -0.25) is 9.59 Å². The van der Waals surface area contributed by atoms with Crippen molar-refractivity contribution in [2.75, 3.05) is 43.5 Å². The van der Waals surface area contributed by atoms with Gasteiger partial charge in [0, 0.05) is 31.9 Å². The third kappa shape index (κ3) is 5.81. The minimum Gasteiger partial charge on any atom is -0.497 e. The molecular weight excluding hydrogens is 435 g/mol. The van der Waals surface area contributed by atoms with Crippen LogP contribution in [-0.2, 0) is 16.0 Å². The van der Waals surface area contributed by atoms with E-state index in [9.17, 15) is 22.8 Å². The minimum atomic E-state index is -4.87. The highest BCUT2D eigenvalue weighted by atomic mass is 35.5. The number of carbonyl (C=O) groups is 2. The van der Waals surface area contributed by atoms with Crippen LogP contribution in [0.25, 0.3) is 0 Å². The zero-order valence-electron chi connectivity index (χ0n) is 16.7. The largest absolute Gasteiger partial charge is 0.497 e. The molecule has 2 aromatic carbocycles. The summed E-state index contributed by atoms with van der Waals surface area (Å²) in [6, 6.07) is 12.1. The highest BCUT2D eigenvalue weighted by Crippen LogP contribution is 2.30. The molecule has 0 spiro atoms. The topological polar surface area (TPSA) is 61.9 Å². The lowest BCUT2D eigenvalue weighted by Crippen LogP contribution is -2.52. The molecular formula is C21H21ClF3N3O3.